The molecule has 0 aliphatic carbocycles. The zero-order chi connectivity index (χ0) is 28.1. The summed E-state index contributed by atoms with van der Waals surface area (Å²) in [5.74, 6) is 4.27. The van der Waals surface area contributed by atoms with Gasteiger partial charge < -0.3 is 9.47 Å². The van der Waals surface area contributed by atoms with Gasteiger partial charge in [0.25, 0.3) is 0 Å². The van der Waals surface area contributed by atoms with Crippen molar-refractivity contribution in [3.8, 4) is 11.5 Å². The molecule has 5 nitrogen and oxygen atoms in total. The van der Waals surface area contributed by atoms with Crippen LogP contribution in [0.3, 0.4) is 0 Å². The molecular formula is C29H34O5S4. The molecule has 0 radical (unpaired) electrons. The largest absolute Gasteiger partial charge is 0.480 e. The maximum atomic E-state index is 12.9. The van der Waals surface area contributed by atoms with E-state index in [0.29, 0.717) is 45.3 Å². The summed E-state index contributed by atoms with van der Waals surface area (Å²) >= 11 is 5.78. The van der Waals surface area contributed by atoms with E-state index in [9.17, 15) is 14.4 Å². The second-order valence-corrected chi connectivity index (χ2v) is 13.3. The normalized spacial score (nSPS) is 12.3. The summed E-state index contributed by atoms with van der Waals surface area (Å²) < 4.78 is 11.8. The van der Waals surface area contributed by atoms with Gasteiger partial charge in [0.05, 0.1) is 0 Å². The second-order valence-electron chi connectivity index (χ2n) is 8.32. The second kappa shape index (κ2) is 16.8. The Kier molecular flexibility index (Phi) is 14.2. The third-order valence-corrected chi connectivity index (χ3v) is 9.44. The van der Waals surface area contributed by atoms with Crippen LogP contribution in [0.2, 0.25) is 0 Å². The van der Waals surface area contributed by atoms with E-state index in [2.05, 4.69) is 13.2 Å². The van der Waals surface area contributed by atoms with Crippen LogP contribution >= 0.6 is 47.0 Å². The van der Waals surface area contributed by atoms with Crippen LogP contribution in [0.1, 0.15) is 43.6 Å². The third kappa shape index (κ3) is 11.8. The van der Waals surface area contributed by atoms with E-state index in [0.717, 1.165) is 11.5 Å². The van der Waals surface area contributed by atoms with Crippen LogP contribution in [0.5, 0.6) is 11.5 Å². The highest BCUT2D eigenvalue weighted by Gasteiger charge is 2.12. The van der Waals surface area contributed by atoms with Gasteiger partial charge in [-0.25, -0.2) is 0 Å². The number of benzene rings is 2. The topological polar surface area (TPSA) is 69.7 Å². The number of carbonyl (C=O) groups excluding carboxylic acids is 3. The van der Waals surface area contributed by atoms with E-state index in [1.165, 1.54) is 23.5 Å². The van der Waals surface area contributed by atoms with Gasteiger partial charge in [-0.1, -0.05) is 36.7 Å². The molecule has 0 saturated carbocycles. The third-order valence-electron chi connectivity index (χ3n) is 4.87. The summed E-state index contributed by atoms with van der Waals surface area (Å²) in [5, 5.41) is 0.0456. The number of rotatable bonds is 16. The Balaban J connectivity index is 1.78. The van der Waals surface area contributed by atoms with Gasteiger partial charge in [0.1, 0.15) is 22.4 Å². The van der Waals surface area contributed by atoms with Gasteiger partial charge in [0.2, 0.25) is 10.2 Å². The molecule has 0 heterocycles. The molecule has 0 aliphatic heterocycles. The molecule has 0 saturated heterocycles. The molecule has 2 rings (SSSR count). The van der Waals surface area contributed by atoms with Crippen LogP contribution in [-0.4, -0.2) is 49.9 Å². The molecular weight excluding hydrogens is 557 g/mol. The lowest BCUT2D eigenvalue weighted by atomic mass is 10.0. The lowest BCUT2D eigenvalue weighted by molar-refractivity contribution is -0.108. The predicted octanol–water partition coefficient (Wildman–Crippen LogP) is 7.51. The minimum absolute atomic E-state index is 0.0228. The Hall–Kier alpha value is -2.07. The summed E-state index contributed by atoms with van der Waals surface area (Å²) in [5.41, 5.74) is 2.12. The Morgan fingerprint density at radius 1 is 0.658 bits per heavy atom. The van der Waals surface area contributed by atoms with Crippen molar-refractivity contribution >= 4 is 63.1 Å². The van der Waals surface area contributed by atoms with Crippen molar-refractivity contribution in [2.75, 3.05) is 23.0 Å². The first-order chi connectivity index (χ1) is 18.1. The minimum atomic E-state index is -0.0808. The first kappa shape index (κ1) is 32.1. The number of ether oxygens (including phenoxy) is 2. The van der Waals surface area contributed by atoms with Crippen LogP contribution in [0, 0.1) is 0 Å². The molecule has 2 aromatic carbocycles. The van der Waals surface area contributed by atoms with Gasteiger partial charge in [-0.2, -0.15) is 0 Å². The van der Waals surface area contributed by atoms with Crippen molar-refractivity contribution in [3.05, 3.63) is 84.0 Å². The van der Waals surface area contributed by atoms with Crippen molar-refractivity contribution < 1.29 is 23.9 Å². The highest BCUT2D eigenvalue weighted by molar-refractivity contribution is 8.15. The van der Waals surface area contributed by atoms with E-state index >= 15 is 0 Å². The van der Waals surface area contributed by atoms with Crippen molar-refractivity contribution in [3.63, 3.8) is 0 Å². The Bertz CT molecular complexity index is 1030. The zero-order valence-electron chi connectivity index (χ0n) is 22.2. The van der Waals surface area contributed by atoms with E-state index in [1.807, 2.05) is 13.8 Å². The molecule has 0 spiro atoms. The number of hydrogen-bond donors (Lipinski definition) is 0. The smallest absolute Gasteiger partial charge is 0.214 e. The Morgan fingerprint density at radius 2 is 1.00 bits per heavy atom. The summed E-state index contributed by atoms with van der Waals surface area (Å²) in [6, 6.07) is 14.2. The fourth-order valence-electron chi connectivity index (χ4n) is 2.93. The van der Waals surface area contributed by atoms with Gasteiger partial charge in [-0.05, 0) is 87.4 Å². The fraction of sp³-hybridized carbons (Fsp3) is 0.345. The average Bonchev–Trinajstić information content (AvgIpc) is 2.89. The quantitative estimate of drug-likeness (QED) is 0.0855. The standard InChI is InChI=1S/C29H34O5S4/c1-19(2)28(31)37-17-15-35-21(5)33-25-11-7-23(8-12-25)27(30)24-9-13-26(14-10-24)34-22(6)36-16-18-38-29(32)20(3)4/h7-14,21-22H,1,3,15-18H2,2,4-6H3. The lowest BCUT2D eigenvalue weighted by Crippen LogP contribution is -2.09. The van der Waals surface area contributed by atoms with Crippen molar-refractivity contribution in [2.24, 2.45) is 0 Å². The molecule has 0 aliphatic rings. The molecule has 204 valence electrons. The van der Waals surface area contributed by atoms with E-state index in [4.69, 9.17) is 9.47 Å². The summed E-state index contributed by atoms with van der Waals surface area (Å²) in [6.07, 6.45) is 0. The van der Waals surface area contributed by atoms with Crippen LogP contribution in [0.15, 0.2) is 72.8 Å². The summed E-state index contributed by atoms with van der Waals surface area (Å²) in [4.78, 5) is 36.1. The maximum absolute atomic E-state index is 12.9. The first-order valence-electron chi connectivity index (χ1n) is 12.0. The molecule has 0 amide bonds. The number of thioether (sulfide) groups is 4. The summed E-state index contributed by atoms with van der Waals surface area (Å²) in [6.45, 7) is 14.7. The molecule has 2 unspecified atom stereocenters. The molecule has 9 heteroatoms. The molecule has 2 aromatic rings. The van der Waals surface area contributed by atoms with Gasteiger partial charge in [-0.15, -0.1) is 23.5 Å². The van der Waals surface area contributed by atoms with E-state index in [-0.39, 0.29) is 26.9 Å². The molecule has 2 atom stereocenters. The first-order valence-corrected chi connectivity index (χ1v) is 16.1. The molecule has 0 fully saturated rings. The lowest BCUT2D eigenvalue weighted by Gasteiger charge is -2.15. The van der Waals surface area contributed by atoms with Gasteiger partial charge in [0, 0.05) is 34.1 Å². The monoisotopic (exact) mass is 590 g/mol. The SMILES string of the molecule is C=C(C)C(=O)SCCSC(C)Oc1ccc(C(=O)c2ccc(OC(C)SCCSC(=O)C(=C)C)cc2)cc1. The number of ketones is 1. The van der Waals surface area contributed by atoms with Crippen LogP contribution in [0.25, 0.3) is 0 Å². The van der Waals surface area contributed by atoms with Gasteiger partial charge >= 0.3 is 0 Å². The van der Waals surface area contributed by atoms with Crippen LogP contribution in [0.4, 0.5) is 0 Å². The van der Waals surface area contributed by atoms with E-state index < -0.39 is 0 Å². The molecule has 0 N–H and O–H groups in total. The maximum Gasteiger partial charge on any atom is 0.214 e. The average molecular weight is 591 g/mol. The minimum Gasteiger partial charge on any atom is -0.480 e. The van der Waals surface area contributed by atoms with Crippen LogP contribution in [-0.2, 0) is 9.59 Å². The zero-order valence-corrected chi connectivity index (χ0v) is 25.5. The Labute approximate surface area is 243 Å². The van der Waals surface area contributed by atoms with Crippen molar-refractivity contribution in [2.45, 2.75) is 38.6 Å². The predicted molar refractivity (Wildman–Crippen MR) is 166 cm³/mol. The molecule has 0 bridgehead atoms. The highest BCUT2D eigenvalue weighted by atomic mass is 32.2. The van der Waals surface area contributed by atoms with Crippen LogP contribution < -0.4 is 9.47 Å². The van der Waals surface area contributed by atoms with Gasteiger partial charge in [-0.3, -0.25) is 14.4 Å². The molecule has 38 heavy (non-hydrogen) atoms. The van der Waals surface area contributed by atoms with Crippen molar-refractivity contribution in [1.82, 2.24) is 0 Å². The number of hydrogen-bond acceptors (Lipinski definition) is 9. The molecule has 0 aromatic heterocycles. The summed E-state index contributed by atoms with van der Waals surface area (Å²) in [7, 11) is 0. The fourth-order valence-corrected chi connectivity index (χ4v) is 6.25. The van der Waals surface area contributed by atoms with Gasteiger partial charge in [0.15, 0.2) is 5.78 Å². The highest BCUT2D eigenvalue weighted by Crippen LogP contribution is 2.24. The van der Waals surface area contributed by atoms with Crippen molar-refractivity contribution in [1.29, 1.82) is 0 Å². The number of carbonyl (C=O) groups is 3. The Morgan fingerprint density at radius 3 is 1.32 bits per heavy atom. The van der Waals surface area contributed by atoms with E-state index in [1.54, 1.807) is 85.9 Å².